The molecule has 1 aliphatic carbocycles. The van der Waals surface area contributed by atoms with E-state index in [4.69, 9.17) is 4.74 Å². The molecule has 1 saturated heterocycles. The molecule has 1 amide bonds. The Morgan fingerprint density at radius 1 is 1.11 bits per heavy atom. The van der Waals surface area contributed by atoms with Gasteiger partial charge in [0.25, 0.3) is 5.91 Å². The molecule has 1 saturated carbocycles. The van der Waals surface area contributed by atoms with Crippen LogP contribution in [0.1, 0.15) is 28.8 Å². The fraction of sp³-hybridized carbons (Fsp3) is 0.385. The van der Waals surface area contributed by atoms with Gasteiger partial charge in [-0.25, -0.2) is 19.3 Å². The molecule has 5 rings (SSSR count). The maximum Gasteiger partial charge on any atom is 0.417 e. The summed E-state index contributed by atoms with van der Waals surface area (Å²) in [5, 5.41) is 0. The highest BCUT2D eigenvalue weighted by atomic mass is 19.4. The second-order valence-corrected chi connectivity index (χ2v) is 9.25. The van der Waals surface area contributed by atoms with Crippen LogP contribution in [0.5, 0.6) is 0 Å². The highest BCUT2D eigenvalue weighted by Gasteiger charge is 2.49. The largest absolute Gasteiger partial charge is 0.417 e. The Kier molecular flexibility index (Phi) is 6.80. The predicted octanol–water partition coefficient (Wildman–Crippen LogP) is 4.45. The Bertz CT molecular complexity index is 1260. The highest BCUT2D eigenvalue weighted by Crippen LogP contribution is 2.43. The molecule has 7 nitrogen and oxygen atoms in total. The van der Waals surface area contributed by atoms with Gasteiger partial charge in [0.2, 0.25) is 0 Å². The second kappa shape index (κ2) is 10.0. The first kappa shape index (κ1) is 25.1. The standard InChI is InChI=1S/C26H25F4N5O2/c1-37-11-10-34(22-7-6-17(14-33-22)26(28,29)30)20-12-16-13-21(20)35(15-16)25(36)18-4-2-5-19(27)23(18)24-31-8-3-9-32-24/h2-9,14,16,20-21H,10-13,15H2,1H3/t16-,20+,21-/m0/s1. The fourth-order valence-corrected chi connectivity index (χ4v) is 5.44. The number of anilines is 1. The van der Waals surface area contributed by atoms with E-state index in [1.54, 1.807) is 24.1 Å². The number of rotatable bonds is 7. The number of hydrogen-bond donors (Lipinski definition) is 0. The van der Waals surface area contributed by atoms with Gasteiger partial charge in [-0.3, -0.25) is 4.79 Å². The van der Waals surface area contributed by atoms with Crippen LogP contribution in [0.15, 0.2) is 55.0 Å². The number of carbonyl (C=O) groups is 1. The smallest absolute Gasteiger partial charge is 0.383 e. The van der Waals surface area contributed by atoms with Crippen LogP contribution >= 0.6 is 0 Å². The fourth-order valence-electron chi connectivity index (χ4n) is 5.44. The third-order valence-corrected chi connectivity index (χ3v) is 7.05. The first-order valence-electron chi connectivity index (χ1n) is 11.9. The first-order valence-corrected chi connectivity index (χ1v) is 11.9. The molecule has 2 fully saturated rings. The lowest BCUT2D eigenvalue weighted by atomic mass is 10.00. The van der Waals surface area contributed by atoms with Gasteiger partial charge in [0.05, 0.1) is 35.4 Å². The zero-order chi connectivity index (χ0) is 26.2. The number of ether oxygens (including phenoxy) is 1. The Morgan fingerprint density at radius 3 is 2.54 bits per heavy atom. The van der Waals surface area contributed by atoms with Crippen LogP contribution in [0.2, 0.25) is 0 Å². The predicted molar refractivity (Wildman–Crippen MR) is 127 cm³/mol. The minimum Gasteiger partial charge on any atom is -0.383 e. The number of alkyl halides is 3. The number of likely N-dealkylation sites (tertiary alicyclic amines) is 1. The zero-order valence-electron chi connectivity index (χ0n) is 20.0. The van der Waals surface area contributed by atoms with Crippen LogP contribution in [0, 0.1) is 11.7 Å². The Hall–Kier alpha value is -3.60. The number of methoxy groups -OCH3 is 1. The number of carbonyl (C=O) groups excluding carboxylic acids is 1. The molecule has 0 spiro atoms. The summed E-state index contributed by atoms with van der Waals surface area (Å²) in [6.07, 6.45) is 0.822. The summed E-state index contributed by atoms with van der Waals surface area (Å²) < 4.78 is 59.4. The van der Waals surface area contributed by atoms with Crippen LogP contribution in [-0.4, -0.2) is 64.6 Å². The minimum absolute atomic E-state index is 0.0491. The molecule has 1 aliphatic heterocycles. The lowest BCUT2D eigenvalue weighted by Gasteiger charge is -2.40. The van der Waals surface area contributed by atoms with Crippen molar-refractivity contribution in [1.29, 1.82) is 0 Å². The van der Waals surface area contributed by atoms with Gasteiger partial charge in [0, 0.05) is 38.8 Å². The van der Waals surface area contributed by atoms with E-state index >= 15 is 0 Å². The maximum absolute atomic E-state index is 14.9. The molecular formula is C26H25F4N5O2. The number of benzene rings is 1. The zero-order valence-corrected chi connectivity index (χ0v) is 20.0. The molecule has 0 unspecified atom stereocenters. The van der Waals surface area contributed by atoms with Crippen molar-refractivity contribution >= 4 is 11.7 Å². The van der Waals surface area contributed by atoms with Gasteiger partial charge < -0.3 is 14.5 Å². The average Bonchev–Trinajstić information content (AvgIpc) is 3.50. The van der Waals surface area contributed by atoms with Crippen LogP contribution < -0.4 is 4.90 Å². The molecule has 194 valence electrons. The van der Waals surface area contributed by atoms with Gasteiger partial charge >= 0.3 is 6.18 Å². The molecule has 2 aromatic heterocycles. The SMILES string of the molecule is COCCN(c1ccc(C(F)(F)F)cn1)[C@@H]1C[C@H]2C[C@@H]1N(C(=O)c1cccc(F)c1-c1ncccn1)C2. The summed E-state index contributed by atoms with van der Waals surface area (Å²) in [6.45, 7) is 1.25. The number of hydrogen-bond acceptors (Lipinski definition) is 6. The number of nitrogens with zero attached hydrogens (tertiary/aromatic N) is 5. The second-order valence-electron chi connectivity index (χ2n) is 9.25. The summed E-state index contributed by atoms with van der Waals surface area (Å²) in [6, 6.07) is 7.91. The topological polar surface area (TPSA) is 71.5 Å². The molecule has 11 heteroatoms. The number of amides is 1. The van der Waals surface area contributed by atoms with Crippen molar-refractivity contribution < 1.29 is 27.1 Å². The minimum atomic E-state index is -4.48. The van der Waals surface area contributed by atoms with E-state index in [0.717, 1.165) is 25.1 Å². The summed E-state index contributed by atoms with van der Waals surface area (Å²) in [4.78, 5) is 29.8. The van der Waals surface area contributed by atoms with E-state index < -0.39 is 17.6 Å². The summed E-state index contributed by atoms with van der Waals surface area (Å²) in [7, 11) is 1.55. The van der Waals surface area contributed by atoms with Crippen molar-refractivity contribution in [2.24, 2.45) is 5.92 Å². The molecule has 2 bridgehead atoms. The van der Waals surface area contributed by atoms with E-state index in [-0.39, 0.29) is 40.9 Å². The number of fused-ring (bicyclic) bond motifs is 2. The average molecular weight is 516 g/mol. The van der Waals surface area contributed by atoms with Crippen LogP contribution in [-0.2, 0) is 10.9 Å². The molecule has 0 radical (unpaired) electrons. The molecule has 2 aliphatic rings. The van der Waals surface area contributed by atoms with Crippen LogP contribution in [0.4, 0.5) is 23.4 Å². The van der Waals surface area contributed by atoms with Gasteiger partial charge in [-0.05, 0) is 49.1 Å². The van der Waals surface area contributed by atoms with Gasteiger partial charge in [-0.15, -0.1) is 0 Å². The monoisotopic (exact) mass is 515 g/mol. The van der Waals surface area contributed by atoms with E-state index in [9.17, 15) is 22.4 Å². The van der Waals surface area contributed by atoms with Crippen molar-refractivity contribution in [2.75, 3.05) is 31.7 Å². The van der Waals surface area contributed by atoms with E-state index in [0.29, 0.717) is 25.5 Å². The Balaban J connectivity index is 1.45. The van der Waals surface area contributed by atoms with E-state index in [1.807, 2.05) is 4.90 Å². The lowest BCUT2D eigenvalue weighted by Crippen LogP contribution is -2.53. The van der Waals surface area contributed by atoms with Crippen LogP contribution in [0.25, 0.3) is 11.4 Å². The van der Waals surface area contributed by atoms with Crippen LogP contribution in [0.3, 0.4) is 0 Å². The molecule has 37 heavy (non-hydrogen) atoms. The number of aromatic nitrogens is 3. The Labute approximate surface area is 211 Å². The third kappa shape index (κ3) is 4.87. The molecule has 1 aromatic carbocycles. The number of pyridine rings is 1. The van der Waals surface area contributed by atoms with Gasteiger partial charge in [0.1, 0.15) is 11.6 Å². The van der Waals surface area contributed by atoms with Gasteiger partial charge in [-0.1, -0.05) is 6.07 Å². The Morgan fingerprint density at radius 2 is 1.89 bits per heavy atom. The summed E-state index contributed by atoms with van der Waals surface area (Å²) in [5.74, 6) is -0.192. The first-order chi connectivity index (χ1) is 17.8. The summed E-state index contributed by atoms with van der Waals surface area (Å²) in [5.41, 5.74) is -0.601. The molecule has 3 aromatic rings. The van der Waals surface area contributed by atoms with Gasteiger partial charge in [0.15, 0.2) is 5.82 Å². The quantitative estimate of drug-likeness (QED) is 0.433. The van der Waals surface area contributed by atoms with Crippen molar-refractivity contribution in [3.8, 4) is 11.4 Å². The molecule has 0 N–H and O–H groups in total. The number of piperidine rings is 1. The summed E-state index contributed by atoms with van der Waals surface area (Å²) >= 11 is 0. The number of halogens is 4. The van der Waals surface area contributed by atoms with Gasteiger partial charge in [-0.2, -0.15) is 13.2 Å². The molecule has 3 atom stereocenters. The maximum atomic E-state index is 14.9. The third-order valence-electron chi connectivity index (χ3n) is 7.05. The van der Waals surface area contributed by atoms with E-state index in [1.165, 1.54) is 30.6 Å². The lowest BCUT2D eigenvalue weighted by molar-refractivity contribution is -0.137. The van der Waals surface area contributed by atoms with Crippen molar-refractivity contribution in [3.05, 3.63) is 71.9 Å². The van der Waals surface area contributed by atoms with Crippen molar-refractivity contribution in [3.63, 3.8) is 0 Å². The molecule has 3 heterocycles. The highest BCUT2D eigenvalue weighted by molar-refractivity contribution is 6.00. The van der Waals surface area contributed by atoms with Crippen molar-refractivity contribution in [2.45, 2.75) is 31.1 Å². The van der Waals surface area contributed by atoms with E-state index in [2.05, 4.69) is 15.0 Å². The normalized spacial score (nSPS) is 20.9. The van der Waals surface area contributed by atoms with Crippen molar-refractivity contribution in [1.82, 2.24) is 19.9 Å². The molecular weight excluding hydrogens is 490 g/mol.